The van der Waals surface area contributed by atoms with Crippen LogP contribution in [0.1, 0.15) is 12.5 Å². The quantitative estimate of drug-likeness (QED) is 0.251. The molecule has 0 atom stereocenters. The molecule has 0 spiro atoms. The maximum absolute atomic E-state index is 10.9. The van der Waals surface area contributed by atoms with Gasteiger partial charge in [0.1, 0.15) is 5.76 Å². The number of allylic oxidation sites excluding steroid dienone is 2. The van der Waals surface area contributed by atoms with Crippen LogP contribution in [-0.2, 0) is 4.79 Å². The van der Waals surface area contributed by atoms with Crippen LogP contribution in [-0.4, -0.2) is 18.8 Å². The fourth-order valence-electron chi connectivity index (χ4n) is 1.48. The van der Waals surface area contributed by atoms with Gasteiger partial charge in [-0.2, -0.15) is 0 Å². The van der Waals surface area contributed by atoms with E-state index >= 15 is 0 Å². The lowest BCUT2D eigenvalue weighted by molar-refractivity contribution is -0.112. The number of benzene rings is 1. The Labute approximate surface area is 168 Å². The monoisotopic (exact) mass is 452 g/mol. The summed E-state index contributed by atoms with van der Waals surface area (Å²) in [5.41, 5.74) is 0.527. The van der Waals surface area contributed by atoms with E-state index in [9.17, 15) is 9.90 Å². The number of aliphatic hydroxyl groups is 1. The summed E-state index contributed by atoms with van der Waals surface area (Å²) in [6, 6.07) is 4.40. The molecule has 24 heavy (non-hydrogen) atoms. The van der Waals surface area contributed by atoms with Crippen molar-refractivity contribution >= 4 is 81.5 Å². The van der Waals surface area contributed by atoms with Crippen molar-refractivity contribution in [3.63, 3.8) is 0 Å². The molecule has 1 N–H and O–H groups in total. The molecule has 0 unspecified atom stereocenters. The third kappa shape index (κ3) is 9.11. The van der Waals surface area contributed by atoms with Crippen LogP contribution < -0.4 is 9.47 Å². The predicted molar refractivity (Wildman–Crippen MR) is 98.7 cm³/mol. The summed E-state index contributed by atoms with van der Waals surface area (Å²) in [4.78, 5) is 10.9. The van der Waals surface area contributed by atoms with E-state index in [0.717, 1.165) is 6.08 Å². The summed E-state index contributed by atoms with van der Waals surface area (Å²) in [5.74, 6) is -0.530. The van der Waals surface area contributed by atoms with E-state index in [0.29, 0.717) is 5.56 Å². The number of alkyl halides is 6. The van der Waals surface area contributed by atoms with E-state index < -0.39 is 7.96 Å². The molecule has 0 aromatic heterocycles. The second-order valence-electron chi connectivity index (χ2n) is 4.31. The molecular weight excluding hydrogens is 445 g/mol. The fraction of sp³-hybridized carbons (Fsp3) is 0.214. The number of ketones is 1. The second kappa shape index (κ2) is 8.75. The number of rotatable bonds is 5. The Bertz CT molecular complexity index is 658. The number of aliphatic hydroxyl groups excluding tert-OH is 1. The van der Waals surface area contributed by atoms with Gasteiger partial charge in [-0.3, -0.25) is 4.79 Å². The Hall–Kier alpha value is -0.490. The Morgan fingerprint density at radius 3 is 2.08 bits per heavy atom. The lowest BCUT2D eigenvalue weighted by atomic mass is 10.1. The van der Waals surface area contributed by atoms with E-state index in [1.54, 1.807) is 6.07 Å². The molecule has 1 aromatic carbocycles. The Balaban J connectivity index is 3.15. The van der Waals surface area contributed by atoms with Gasteiger partial charge in [0, 0.05) is 6.08 Å². The zero-order valence-electron chi connectivity index (χ0n) is 11.9. The molecule has 0 fully saturated rings. The van der Waals surface area contributed by atoms with Gasteiger partial charge in [0.05, 0.1) is 0 Å². The van der Waals surface area contributed by atoms with E-state index in [1.807, 2.05) is 0 Å². The van der Waals surface area contributed by atoms with Gasteiger partial charge in [-0.05, 0) is 100 Å². The standard InChI is InChI=1S/C14H10Cl6O4/c1-8(21)6-10(22)4-2-9-3-5-11(23-13(15,16)17)12(7-9)24-14(18,19)20/h2-7,22H,1H3/b4-2+,10-6+. The fourth-order valence-corrected chi connectivity index (χ4v) is 1.98. The molecule has 0 saturated heterocycles. The number of carbonyl (C=O) groups is 1. The van der Waals surface area contributed by atoms with Crippen molar-refractivity contribution in [3.05, 3.63) is 41.7 Å². The minimum atomic E-state index is -2.08. The molecular formula is C14H10Cl6O4. The zero-order valence-corrected chi connectivity index (χ0v) is 16.4. The maximum atomic E-state index is 10.9. The summed E-state index contributed by atoms with van der Waals surface area (Å²) >= 11 is 33.5. The maximum Gasteiger partial charge on any atom is 0.338 e. The van der Waals surface area contributed by atoms with Crippen LogP contribution in [0, 0.1) is 0 Å². The first-order valence-corrected chi connectivity index (χ1v) is 8.37. The van der Waals surface area contributed by atoms with Crippen LogP contribution in [0.5, 0.6) is 11.5 Å². The average Bonchev–Trinajstić information content (AvgIpc) is 2.35. The molecule has 132 valence electrons. The van der Waals surface area contributed by atoms with E-state index in [1.165, 1.54) is 31.2 Å². The van der Waals surface area contributed by atoms with Crippen LogP contribution in [0.15, 0.2) is 36.1 Å². The molecule has 1 aromatic rings. The second-order valence-corrected chi connectivity index (χ2v) is 8.67. The van der Waals surface area contributed by atoms with Crippen molar-refractivity contribution in [1.29, 1.82) is 0 Å². The van der Waals surface area contributed by atoms with E-state index in [2.05, 4.69) is 0 Å². The number of halogens is 6. The highest BCUT2D eigenvalue weighted by Crippen LogP contribution is 2.40. The number of carbonyl (C=O) groups excluding carboxylic acids is 1. The highest BCUT2D eigenvalue weighted by atomic mass is 35.6. The zero-order chi connectivity index (χ0) is 18.5. The van der Waals surface area contributed by atoms with Crippen molar-refractivity contribution in [3.8, 4) is 11.5 Å². The number of hydrogen-bond donors (Lipinski definition) is 1. The predicted octanol–water partition coefficient (Wildman–Crippen LogP) is 6.14. The Kier molecular flexibility index (Phi) is 7.85. The SMILES string of the molecule is CC(=O)/C=C(O)\C=C\c1ccc(OC(Cl)(Cl)Cl)c(OC(Cl)(Cl)Cl)c1. The van der Waals surface area contributed by atoms with Crippen LogP contribution >= 0.6 is 69.6 Å². The van der Waals surface area contributed by atoms with Crippen molar-refractivity contribution < 1.29 is 19.4 Å². The van der Waals surface area contributed by atoms with Crippen molar-refractivity contribution in [2.45, 2.75) is 14.9 Å². The minimum absolute atomic E-state index is 0.0153. The van der Waals surface area contributed by atoms with Gasteiger partial charge >= 0.3 is 7.96 Å². The van der Waals surface area contributed by atoms with Gasteiger partial charge < -0.3 is 14.6 Å². The molecule has 0 bridgehead atoms. The first-order chi connectivity index (χ1) is 10.9. The molecule has 10 heteroatoms. The summed E-state index contributed by atoms with van der Waals surface area (Å²) in [5, 5.41) is 9.53. The molecule has 0 saturated carbocycles. The van der Waals surface area contributed by atoms with Crippen LogP contribution in [0.25, 0.3) is 6.08 Å². The van der Waals surface area contributed by atoms with Crippen LogP contribution in [0.2, 0.25) is 0 Å². The van der Waals surface area contributed by atoms with Crippen molar-refractivity contribution in [2.75, 3.05) is 0 Å². The summed E-state index contributed by atoms with van der Waals surface area (Å²) < 4.78 is 6.07. The van der Waals surface area contributed by atoms with Gasteiger partial charge in [-0.1, -0.05) is 12.1 Å². The van der Waals surface area contributed by atoms with Crippen molar-refractivity contribution in [1.82, 2.24) is 0 Å². The Morgan fingerprint density at radius 2 is 1.58 bits per heavy atom. The highest BCUT2D eigenvalue weighted by molar-refractivity contribution is 6.67. The van der Waals surface area contributed by atoms with Crippen molar-refractivity contribution in [2.24, 2.45) is 0 Å². The van der Waals surface area contributed by atoms with Gasteiger partial charge in [-0.15, -0.1) is 0 Å². The third-order valence-corrected chi connectivity index (χ3v) is 2.68. The van der Waals surface area contributed by atoms with Gasteiger partial charge in [0.25, 0.3) is 0 Å². The lowest BCUT2D eigenvalue weighted by Gasteiger charge is -2.20. The normalized spacial score (nSPS) is 13.2. The smallest absolute Gasteiger partial charge is 0.338 e. The molecule has 1 rings (SSSR count). The molecule has 0 amide bonds. The average molecular weight is 455 g/mol. The van der Waals surface area contributed by atoms with Crippen LogP contribution in [0.4, 0.5) is 0 Å². The Morgan fingerprint density at radius 1 is 1.04 bits per heavy atom. The topological polar surface area (TPSA) is 55.8 Å². The molecule has 0 aliphatic carbocycles. The molecule has 0 aliphatic rings. The lowest BCUT2D eigenvalue weighted by Crippen LogP contribution is -2.17. The van der Waals surface area contributed by atoms with Gasteiger partial charge in [0.2, 0.25) is 0 Å². The van der Waals surface area contributed by atoms with Crippen LogP contribution in [0.3, 0.4) is 0 Å². The van der Waals surface area contributed by atoms with Gasteiger partial charge in [0.15, 0.2) is 17.3 Å². The van der Waals surface area contributed by atoms with E-state index in [-0.39, 0.29) is 23.0 Å². The molecule has 0 radical (unpaired) electrons. The summed E-state index contributed by atoms with van der Waals surface area (Å²) in [6.07, 6.45) is 3.83. The summed E-state index contributed by atoms with van der Waals surface area (Å²) in [6.45, 7) is 1.31. The van der Waals surface area contributed by atoms with Gasteiger partial charge in [-0.25, -0.2) is 0 Å². The number of ether oxygens (including phenoxy) is 2. The first-order valence-electron chi connectivity index (χ1n) is 6.10. The largest absolute Gasteiger partial charge is 0.508 e. The van der Waals surface area contributed by atoms with E-state index in [4.69, 9.17) is 79.1 Å². The third-order valence-electron chi connectivity index (χ3n) is 2.22. The molecule has 0 aliphatic heterocycles. The minimum Gasteiger partial charge on any atom is -0.508 e. The number of hydrogen-bond acceptors (Lipinski definition) is 4. The highest BCUT2D eigenvalue weighted by Gasteiger charge is 2.28. The molecule has 4 nitrogen and oxygen atoms in total. The first kappa shape index (κ1) is 21.6. The molecule has 0 heterocycles. The summed E-state index contributed by atoms with van der Waals surface area (Å²) in [7, 11) is 0.